The summed E-state index contributed by atoms with van der Waals surface area (Å²) in [6.45, 7) is 2.02. The van der Waals surface area contributed by atoms with E-state index >= 15 is 0 Å². The van der Waals surface area contributed by atoms with Gasteiger partial charge in [0.05, 0.1) is 5.04 Å². The van der Waals surface area contributed by atoms with Gasteiger partial charge < -0.3 is 5.73 Å². The molecule has 10 heavy (non-hydrogen) atoms. The van der Waals surface area contributed by atoms with Gasteiger partial charge in [-0.05, 0) is 6.42 Å². The number of primary amides is 1. The van der Waals surface area contributed by atoms with Crippen LogP contribution < -0.4 is 5.73 Å². The minimum absolute atomic E-state index is 0.264. The third kappa shape index (κ3) is 1.50. The Labute approximate surface area is 64.1 Å². The van der Waals surface area contributed by atoms with Crippen molar-refractivity contribution in [2.45, 2.75) is 19.4 Å². The van der Waals surface area contributed by atoms with E-state index in [0.29, 0.717) is 0 Å². The van der Waals surface area contributed by atoms with E-state index < -0.39 is 0 Å². The molecule has 0 spiro atoms. The molecule has 0 fully saturated rings. The molecule has 0 unspecified atom stereocenters. The predicted octanol–water partition coefficient (Wildman–Crippen LogP) is 0.396. The molecule has 1 aliphatic heterocycles. The lowest BCUT2D eigenvalue weighted by Gasteiger charge is -1.95. The molecule has 1 atom stereocenters. The van der Waals surface area contributed by atoms with Crippen molar-refractivity contribution < 1.29 is 4.79 Å². The molecule has 0 aromatic heterocycles. The fourth-order valence-corrected chi connectivity index (χ4v) is 1.76. The van der Waals surface area contributed by atoms with E-state index in [1.54, 1.807) is 11.8 Å². The molecule has 1 amide bonds. The normalized spacial score (nSPS) is 24.5. The number of thioether (sulfide) groups is 1. The molecule has 1 aliphatic rings. The van der Waals surface area contributed by atoms with Crippen LogP contribution in [0.25, 0.3) is 0 Å². The van der Waals surface area contributed by atoms with Crippen LogP contribution in [0.1, 0.15) is 13.3 Å². The molecule has 0 bridgehead atoms. The van der Waals surface area contributed by atoms with Crippen molar-refractivity contribution in [2.24, 2.45) is 10.7 Å². The smallest absolute Gasteiger partial charge is 0.243 e. The van der Waals surface area contributed by atoms with Crippen LogP contribution in [-0.2, 0) is 4.79 Å². The highest BCUT2D eigenvalue weighted by atomic mass is 32.2. The topological polar surface area (TPSA) is 55.4 Å². The zero-order valence-corrected chi connectivity index (χ0v) is 6.65. The number of nitrogens with two attached hydrogens (primary N) is 1. The molecule has 2 N–H and O–H groups in total. The second-order valence-electron chi connectivity index (χ2n) is 2.11. The summed E-state index contributed by atoms with van der Waals surface area (Å²) in [5.41, 5.74) is 5.06. The quantitative estimate of drug-likeness (QED) is 0.632. The molecule has 0 aromatic carbocycles. The van der Waals surface area contributed by atoms with Crippen LogP contribution in [0.15, 0.2) is 4.99 Å². The van der Waals surface area contributed by atoms with E-state index in [2.05, 4.69) is 4.99 Å². The van der Waals surface area contributed by atoms with Gasteiger partial charge in [-0.3, -0.25) is 9.79 Å². The van der Waals surface area contributed by atoms with Crippen LogP contribution in [0.5, 0.6) is 0 Å². The number of aliphatic imine (C=N–C) groups is 1. The lowest BCUT2D eigenvalue weighted by molar-refractivity contribution is -0.118. The van der Waals surface area contributed by atoms with Crippen molar-refractivity contribution in [3.05, 3.63) is 0 Å². The first kappa shape index (κ1) is 7.60. The fourth-order valence-electron chi connectivity index (χ4n) is 0.763. The Morgan fingerprint density at radius 3 is 3.00 bits per heavy atom. The average Bonchev–Trinajstić information content (AvgIpc) is 2.34. The molecule has 56 valence electrons. The predicted molar refractivity (Wildman–Crippen MR) is 43.2 cm³/mol. The van der Waals surface area contributed by atoms with Gasteiger partial charge in [0.25, 0.3) is 0 Å². The highest BCUT2D eigenvalue weighted by Gasteiger charge is 2.21. The van der Waals surface area contributed by atoms with Crippen LogP contribution in [0.2, 0.25) is 0 Å². The maximum Gasteiger partial charge on any atom is 0.243 e. The number of amides is 1. The summed E-state index contributed by atoms with van der Waals surface area (Å²) in [7, 11) is 0. The van der Waals surface area contributed by atoms with Gasteiger partial charge in [-0.2, -0.15) is 0 Å². The Bertz CT molecular complexity index is 179. The second-order valence-corrected chi connectivity index (χ2v) is 3.20. The summed E-state index contributed by atoms with van der Waals surface area (Å²) in [4.78, 5) is 14.7. The SMILES string of the molecule is CCC1=N[C@H](C(N)=O)CS1. The van der Waals surface area contributed by atoms with E-state index in [9.17, 15) is 4.79 Å². The summed E-state index contributed by atoms with van der Waals surface area (Å²) in [6, 6.07) is -0.264. The van der Waals surface area contributed by atoms with Crippen LogP contribution in [0.4, 0.5) is 0 Å². The average molecular weight is 158 g/mol. The Morgan fingerprint density at radius 2 is 2.70 bits per heavy atom. The zero-order chi connectivity index (χ0) is 7.56. The maximum absolute atomic E-state index is 10.6. The summed E-state index contributed by atoms with van der Waals surface area (Å²) in [5, 5.41) is 1.05. The minimum Gasteiger partial charge on any atom is -0.368 e. The fraction of sp³-hybridized carbons (Fsp3) is 0.667. The van der Waals surface area contributed by atoms with E-state index in [0.717, 1.165) is 17.2 Å². The van der Waals surface area contributed by atoms with Gasteiger partial charge in [-0.1, -0.05) is 6.92 Å². The molecule has 0 aromatic rings. The van der Waals surface area contributed by atoms with Gasteiger partial charge in [0.2, 0.25) is 5.91 Å². The van der Waals surface area contributed by atoms with Crippen LogP contribution >= 0.6 is 11.8 Å². The first-order chi connectivity index (χ1) is 4.74. The van der Waals surface area contributed by atoms with Gasteiger partial charge >= 0.3 is 0 Å². The zero-order valence-electron chi connectivity index (χ0n) is 5.83. The van der Waals surface area contributed by atoms with Gasteiger partial charge in [0.1, 0.15) is 6.04 Å². The maximum atomic E-state index is 10.6. The number of carbonyl (C=O) groups is 1. The summed E-state index contributed by atoms with van der Waals surface area (Å²) < 4.78 is 0. The van der Waals surface area contributed by atoms with Crippen molar-refractivity contribution in [2.75, 3.05) is 5.75 Å². The van der Waals surface area contributed by atoms with Crippen LogP contribution in [0, 0.1) is 0 Å². The molecule has 1 heterocycles. The van der Waals surface area contributed by atoms with Gasteiger partial charge in [0, 0.05) is 5.75 Å². The lowest BCUT2D eigenvalue weighted by Crippen LogP contribution is -2.26. The Kier molecular flexibility index (Phi) is 2.32. The Morgan fingerprint density at radius 1 is 2.00 bits per heavy atom. The molecule has 0 saturated carbocycles. The van der Waals surface area contributed by atoms with E-state index in [-0.39, 0.29) is 11.9 Å². The summed E-state index contributed by atoms with van der Waals surface area (Å²) in [6.07, 6.45) is 0.911. The van der Waals surface area contributed by atoms with E-state index in [1.165, 1.54) is 0 Å². The monoisotopic (exact) mass is 158 g/mol. The van der Waals surface area contributed by atoms with E-state index in [4.69, 9.17) is 5.73 Å². The molecular weight excluding hydrogens is 148 g/mol. The number of nitrogens with zero attached hydrogens (tertiary/aromatic N) is 1. The molecular formula is C6H10N2OS. The summed E-state index contributed by atoms with van der Waals surface area (Å²) >= 11 is 1.63. The van der Waals surface area contributed by atoms with Crippen LogP contribution in [-0.4, -0.2) is 22.7 Å². The minimum atomic E-state index is -0.309. The summed E-state index contributed by atoms with van der Waals surface area (Å²) in [5.74, 6) is 0.425. The van der Waals surface area contributed by atoms with Gasteiger partial charge in [-0.25, -0.2) is 0 Å². The lowest BCUT2D eigenvalue weighted by atomic mass is 10.3. The van der Waals surface area contributed by atoms with Gasteiger partial charge in [0.15, 0.2) is 0 Å². The Hall–Kier alpha value is -0.510. The first-order valence-electron chi connectivity index (χ1n) is 3.22. The molecule has 4 heteroatoms. The number of hydrogen-bond donors (Lipinski definition) is 1. The standard InChI is InChI=1S/C6H10N2OS/c1-2-5-8-4(3-10-5)6(7)9/h4H,2-3H2,1H3,(H2,7,9)/t4-/m0/s1. The van der Waals surface area contributed by atoms with E-state index in [1.807, 2.05) is 6.92 Å². The molecule has 1 rings (SSSR count). The number of carbonyl (C=O) groups excluding carboxylic acids is 1. The molecule has 0 aliphatic carbocycles. The second kappa shape index (κ2) is 3.05. The Balaban J connectivity index is 2.55. The molecule has 0 radical (unpaired) electrons. The first-order valence-corrected chi connectivity index (χ1v) is 4.21. The van der Waals surface area contributed by atoms with Crippen molar-refractivity contribution in [3.8, 4) is 0 Å². The third-order valence-electron chi connectivity index (χ3n) is 1.34. The van der Waals surface area contributed by atoms with Crippen molar-refractivity contribution in [1.29, 1.82) is 0 Å². The van der Waals surface area contributed by atoms with Crippen molar-refractivity contribution in [3.63, 3.8) is 0 Å². The van der Waals surface area contributed by atoms with Gasteiger partial charge in [-0.15, -0.1) is 11.8 Å². The molecule has 3 nitrogen and oxygen atoms in total. The largest absolute Gasteiger partial charge is 0.368 e. The highest BCUT2D eigenvalue weighted by Crippen LogP contribution is 2.19. The highest BCUT2D eigenvalue weighted by molar-refractivity contribution is 8.14. The third-order valence-corrected chi connectivity index (χ3v) is 2.55. The number of rotatable bonds is 2. The van der Waals surface area contributed by atoms with Crippen molar-refractivity contribution in [1.82, 2.24) is 0 Å². The number of hydrogen-bond acceptors (Lipinski definition) is 3. The van der Waals surface area contributed by atoms with Crippen molar-refractivity contribution >= 4 is 22.7 Å². The molecule has 0 saturated heterocycles. The van der Waals surface area contributed by atoms with Crippen LogP contribution in [0.3, 0.4) is 0 Å².